The lowest BCUT2D eigenvalue weighted by Crippen LogP contribution is -2.13. The van der Waals surface area contributed by atoms with E-state index in [2.05, 4.69) is 5.32 Å². The van der Waals surface area contributed by atoms with Crippen LogP contribution in [0.3, 0.4) is 0 Å². The first-order valence-electron chi connectivity index (χ1n) is 5.47. The number of carbonyl (C=O) groups excluding carboxylic acids is 1. The molecule has 2 rings (SSSR count). The van der Waals surface area contributed by atoms with Crippen LogP contribution in [0.1, 0.15) is 15.9 Å². The lowest BCUT2D eigenvalue weighted by atomic mass is 10.1. The Labute approximate surface area is 115 Å². The zero-order chi connectivity index (χ0) is 13.8. The highest BCUT2D eigenvalue weighted by Gasteiger charge is 2.12. The fraction of sp³-hybridized carbons (Fsp3) is 0. The standard InChI is InChI=1S/C14H10ClN3O/c15-12-7-10(17)5-6-11(12)14(19)18-13-4-2-1-3-9(13)8-16/h1-7H,17H2,(H,18,19). The van der Waals surface area contributed by atoms with Crippen molar-refractivity contribution in [2.24, 2.45) is 0 Å². The molecular weight excluding hydrogens is 262 g/mol. The minimum atomic E-state index is -0.382. The zero-order valence-electron chi connectivity index (χ0n) is 9.85. The topological polar surface area (TPSA) is 78.9 Å². The molecule has 0 atom stereocenters. The van der Waals surface area contributed by atoms with Crippen molar-refractivity contribution in [1.82, 2.24) is 0 Å². The molecule has 0 saturated carbocycles. The van der Waals surface area contributed by atoms with Gasteiger partial charge in [0.1, 0.15) is 6.07 Å². The van der Waals surface area contributed by atoms with Crippen LogP contribution < -0.4 is 11.1 Å². The highest BCUT2D eigenvalue weighted by atomic mass is 35.5. The lowest BCUT2D eigenvalue weighted by Gasteiger charge is -2.08. The van der Waals surface area contributed by atoms with Gasteiger partial charge in [-0.2, -0.15) is 5.26 Å². The lowest BCUT2D eigenvalue weighted by molar-refractivity contribution is 0.102. The maximum atomic E-state index is 12.1. The van der Waals surface area contributed by atoms with E-state index in [4.69, 9.17) is 22.6 Å². The van der Waals surface area contributed by atoms with Crippen LogP contribution in [-0.2, 0) is 0 Å². The fourth-order valence-corrected chi connectivity index (χ4v) is 1.87. The van der Waals surface area contributed by atoms with E-state index in [1.54, 1.807) is 36.4 Å². The maximum Gasteiger partial charge on any atom is 0.257 e. The van der Waals surface area contributed by atoms with Crippen LogP contribution >= 0.6 is 11.6 Å². The smallest absolute Gasteiger partial charge is 0.257 e. The Morgan fingerprint density at radius 3 is 2.68 bits per heavy atom. The highest BCUT2D eigenvalue weighted by Crippen LogP contribution is 2.21. The minimum Gasteiger partial charge on any atom is -0.399 e. The van der Waals surface area contributed by atoms with Gasteiger partial charge in [0.2, 0.25) is 0 Å². The van der Waals surface area contributed by atoms with Gasteiger partial charge < -0.3 is 11.1 Å². The minimum absolute atomic E-state index is 0.270. The van der Waals surface area contributed by atoms with Crippen molar-refractivity contribution in [3.8, 4) is 6.07 Å². The van der Waals surface area contributed by atoms with E-state index in [-0.39, 0.29) is 10.9 Å². The van der Waals surface area contributed by atoms with Crippen LogP contribution in [0.5, 0.6) is 0 Å². The monoisotopic (exact) mass is 271 g/mol. The molecule has 0 heterocycles. The molecule has 94 valence electrons. The molecule has 5 heteroatoms. The molecule has 4 nitrogen and oxygen atoms in total. The molecule has 2 aromatic carbocycles. The number of halogens is 1. The van der Waals surface area contributed by atoms with Crippen molar-refractivity contribution < 1.29 is 4.79 Å². The summed E-state index contributed by atoms with van der Waals surface area (Å²) in [5.41, 5.74) is 7.20. The Balaban J connectivity index is 2.29. The molecule has 0 aromatic heterocycles. The summed E-state index contributed by atoms with van der Waals surface area (Å²) in [6.07, 6.45) is 0. The third-order valence-corrected chi connectivity index (χ3v) is 2.85. The SMILES string of the molecule is N#Cc1ccccc1NC(=O)c1ccc(N)cc1Cl. The van der Waals surface area contributed by atoms with Gasteiger partial charge in [0.05, 0.1) is 21.8 Å². The first-order valence-corrected chi connectivity index (χ1v) is 5.85. The van der Waals surface area contributed by atoms with E-state index >= 15 is 0 Å². The van der Waals surface area contributed by atoms with E-state index in [0.29, 0.717) is 22.5 Å². The van der Waals surface area contributed by atoms with Crippen molar-refractivity contribution in [1.29, 1.82) is 5.26 Å². The van der Waals surface area contributed by atoms with E-state index in [9.17, 15) is 4.79 Å². The fourth-order valence-electron chi connectivity index (χ4n) is 1.59. The second-order valence-corrected chi connectivity index (χ2v) is 4.26. The summed E-state index contributed by atoms with van der Waals surface area (Å²) < 4.78 is 0. The highest BCUT2D eigenvalue weighted by molar-refractivity contribution is 6.34. The number of nitrogens with one attached hydrogen (secondary N) is 1. The summed E-state index contributed by atoms with van der Waals surface area (Å²) in [7, 11) is 0. The second-order valence-electron chi connectivity index (χ2n) is 3.85. The van der Waals surface area contributed by atoms with Crippen LogP contribution in [0.25, 0.3) is 0 Å². The predicted molar refractivity (Wildman–Crippen MR) is 75.0 cm³/mol. The second kappa shape index (κ2) is 5.42. The van der Waals surface area contributed by atoms with Crippen molar-refractivity contribution in [3.05, 3.63) is 58.6 Å². The van der Waals surface area contributed by atoms with Gasteiger partial charge in [-0.25, -0.2) is 0 Å². The van der Waals surface area contributed by atoms with Crippen LogP contribution in [-0.4, -0.2) is 5.91 Å². The van der Waals surface area contributed by atoms with Crippen molar-refractivity contribution in [2.75, 3.05) is 11.1 Å². The Morgan fingerprint density at radius 2 is 2.00 bits per heavy atom. The molecular formula is C14H10ClN3O. The van der Waals surface area contributed by atoms with Gasteiger partial charge in [-0.05, 0) is 30.3 Å². The van der Waals surface area contributed by atoms with E-state index in [1.807, 2.05) is 6.07 Å². The number of nitrogens with zero attached hydrogens (tertiary/aromatic N) is 1. The Morgan fingerprint density at radius 1 is 1.26 bits per heavy atom. The first-order chi connectivity index (χ1) is 9.11. The third-order valence-electron chi connectivity index (χ3n) is 2.53. The molecule has 3 N–H and O–H groups in total. The number of nitrogen functional groups attached to an aromatic ring is 1. The molecule has 19 heavy (non-hydrogen) atoms. The summed E-state index contributed by atoms with van der Waals surface area (Å²) >= 11 is 5.96. The van der Waals surface area contributed by atoms with Gasteiger partial charge in [0.25, 0.3) is 5.91 Å². The molecule has 0 aliphatic carbocycles. The number of anilines is 2. The number of nitriles is 1. The number of amides is 1. The number of hydrogen-bond donors (Lipinski definition) is 2. The average molecular weight is 272 g/mol. The van der Waals surface area contributed by atoms with E-state index in [0.717, 1.165) is 0 Å². The molecule has 1 amide bonds. The van der Waals surface area contributed by atoms with Crippen LogP contribution in [0.4, 0.5) is 11.4 Å². The van der Waals surface area contributed by atoms with Gasteiger partial charge in [0.15, 0.2) is 0 Å². The first kappa shape index (κ1) is 12.9. The predicted octanol–water partition coefficient (Wildman–Crippen LogP) is 3.05. The molecule has 0 bridgehead atoms. The van der Waals surface area contributed by atoms with Crippen molar-refractivity contribution in [2.45, 2.75) is 0 Å². The summed E-state index contributed by atoms with van der Waals surface area (Å²) in [4.78, 5) is 12.1. The van der Waals surface area contributed by atoms with Crippen molar-refractivity contribution >= 4 is 28.9 Å². The van der Waals surface area contributed by atoms with Gasteiger partial charge in [0, 0.05) is 5.69 Å². The molecule has 0 fully saturated rings. The van der Waals surface area contributed by atoms with Gasteiger partial charge in [-0.1, -0.05) is 23.7 Å². The third kappa shape index (κ3) is 2.84. The largest absolute Gasteiger partial charge is 0.399 e. The molecule has 0 aliphatic rings. The van der Waals surface area contributed by atoms with Crippen molar-refractivity contribution in [3.63, 3.8) is 0 Å². The van der Waals surface area contributed by atoms with Gasteiger partial charge in [-0.15, -0.1) is 0 Å². The van der Waals surface area contributed by atoms with Gasteiger partial charge >= 0.3 is 0 Å². The van der Waals surface area contributed by atoms with Crippen LogP contribution in [0, 0.1) is 11.3 Å². The Hall–Kier alpha value is -2.51. The number of hydrogen-bond acceptors (Lipinski definition) is 3. The van der Waals surface area contributed by atoms with E-state index < -0.39 is 0 Å². The summed E-state index contributed by atoms with van der Waals surface area (Å²) in [5, 5.41) is 11.9. The van der Waals surface area contributed by atoms with E-state index in [1.165, 1.54) is 6.07 Å². The number of nitrogens with two attached hydrogens (primary N) is 1. The Bertz CT molecular complexity index is 677. The molecule has 2 aromatic rings. The molecule has 0 saturated heterocycles. The quantitative estimate of drug-likeness (QED) is 0.824. The number of rotatable bonds is 2. The number of para-hydroxylation sites is 1. The average Bonchev–Trinajstić information content (AvgIpc) is 2.39. The molecule has 0 unspecified atom stereocenters. The maximum absolute atomic E-state index is 12.1. The van der Waals surface area contributed by atoms with Gasteiger partial charge in [-0.3, -0.25) is 4.79 Å². The summed E-state index contributed by atoms with van der Waals surface area (Å²) in [6, 6.07) is 13.4. The van der Waals surface area contributed by atoms with Crippen LogP contribution in [0.2, 0.25) is 5.02 Å². The zero-order valence-corrected chi connectivity index (χ0v) is 10.6. The number of benzene rings is 2. The Kier molecular flexibility index (Phi) is 3.69. The summed E-state index contributed by atoms with van der Waals surface area (Å²) in [5.74, 6) is -0.382. The molecule has 0 aliphatic heterocycles. The molecule has 0 spiro atoms. The summed E-state index contributed by atoms with van der Waals surface area (Å²) in [6.45, 7) is 0. The number of carbonyl (C=O) groups is 1. The van der Waals surface area contributed by atoms with Crippen LogP contribution in [0.15, 0.2) is 42.5 Å². The normalized spacial score (nSPS) is 9.68. The molecule has 0 radical (unpaired) electrons.